The number of alkyl halides is 1. The molecule has 1 saturated heterocycles. The number of hydrogen-bond acceptors (Lipinski definition) is 4. The first-order valence-electron chi connectivity index (χ1n) is 9.97. The highest BCUT2D eigenvalue weighted by atomic mass is 19.1. The molecule has 0 spiro atoms. The van der Waals surface area contributed by atoms with Gasteiger partial charge < -0.3 is 19.3 Å². The first-order valence-corrected chi connectivity index (χ1v) is 9.97. The van der Waals surface area contributed by atoms with Gasteiger partial charge in [-0.2, -0.15) is 0 Å². The molecule has 30 heavy (non-hydrogen) atoms. The first kappa shape index (κ1) is 20.7. The number of halogens is 1. The Balaban J connectivity index is 1.78. The van der Waals surface area contributed by atoms with Crippen LogP contribution in [0.3, 0.4) is 0 Å². The molecule has 3 aromatic rings. The molecule has 4 atom stereocenters. The zero-order valence-electron chi connectivity index (χ0n) is 16.7. The minimum absolute atomic E-state index is 0.0138. The molecular weight excluding hydrogens is 383 g/mol. The van der Waals surface area contributed by atoms with E-state index in [1.165, 1.54) is 7.11 Å². The van der Waals surface area contributed by atoms with Crippen LogP contribution >= 0.6 is 0 Å². The number of benzene rings is 3. The van der Waals surface area contributed by atoms with E-state index in [1.54, 1.807) is 0 Å². The molecule has 1 N–H and O–H groups in total. The van der Waals surface area contributed by atoms with Gasteiger partial charge in [0.05, 0.1) is 6.61 Å². The van der Waals surface area contributed by atoms with Gasteiger partial charge in [0.25, 0.3) is 0 Å². The average Bonchev–Trinajstić information content (AvgIpc) is 3.09. The van der Waals surface area contributed by atoms with Gasteiger partial charge in [0.15, 0.2) is 12.5 Å². The lowest BCUT2D eigenvalue weighted by atomic mass is 9.80. The SMILES string of the molecule is CO[C@@H]1O[C@H](COC(c2ccccc2)(c2ccccc2)c2ccccc2)[C@@H](O)[C@H]1F. The van der Waals surface area contributed by atoms with Crippen LogP contribution in [-0.2, 0) is 19.8 Å². The third kappa shape index (κ3) is 3.77. The fourth-order valence-corrected chi connectivity index (χ4v) is 3.99. The Morgan fingerprint density at radius 2 is 1.27 bits per heavy atom. The number of aliphatic hydroxyl groups excluding tert-OH is 1. The second-order valence-corrected chi connectivity index (χ2v) is 7.30. The largest absolute Gasteiger partial charge is 0.387 e. The molecule has 0 bridgehead atoms. The number of methoxy groups -OCH3 is 1. The van der Waals surface area contributed by atoms with Gasteiger partial charge in [0, 0.05) is 7.11 Å². The van der Waals surface area contributed by atoms with Gasteiger partial charge in [-0.05, 0) is 16.7 Å². The zero-order valence-corrected chi connectivity index (χ0v) is 16.7. The van der Waals surface area contributed by atoms with Crippen LogP contribution in [-0.4, -0.2) is 43.5 Å². The van der Waals surface area contributed by atoms with E-state index in [0.717, 1.165) is 16.7 Å². The summed E-state index contributed by atoms with van der Waals surface area (Å²) in [5.41, 5.74) is 1.82. The second kappa shape index (κ2) is 9.06. The quantitative estimate of drug-likeness (QED) is 0.599. The summed E-state index contributed by atoms with van der Waals surface area (Å²) >= 11 is 0. The summed E-state index contributed by atoms with van der Waals surface area (Å²) in [6.45, 7) is -0.0138. The fraction of sp³-hybridized carbons (Fsp3) is 0.280. The number of ether oxygens (including phenoxy) is 3. The Bertz CT molecular complexity index is 823. The van der Waals surface area contributed by atoms with Gasteiger partial charge in [-0.3, -0.25) is 0 Å². The van der Waals surface area contributed by atoms with Crippen LogP contribution in [0.15, 0.2) is 91.0 Å². The summed E-state index contributed by atoms with van der Waals surface area (Å²) in [5.74, 6) is 0. The van der Waals surface area contributed by atoms with Crippen molar-refractivity contribution in [1.82, 2.24) is 0 Å². The Morgan fingerprint density at radius 3 is 1.63 bits per heavy atom. The lowest BCUT2D eigenvalue weighted by Gasteiger charge is -2.37. The van der Waals surface area contributed by atoms with Crippen molar-refractivity contribution in [3.8, 4) is 0 Å². The fourth-order valence-electron chi connectivity index (χ4n) is 3.99. The van der Waals surface area contributed by atoms with Crippen LogP contribution in [0.2, 0.25) is 0 Å². The van der Waals surface area contributed by atoms with Gasteiger partial charge in [-0.1, -0.05) is 91.0 Å². The minimum Gasteiger partial charge on any atom is -0.387 e. The van der Waals surface area contributed by atoms with Crippen molar-refractivity contribution in [1.29, 1.82) is 0 Å². The summed E-state index contributed by atoms with van der Waals surface area (Å²) < 4.78 is 31.4. The van der Waals surface area contributed by atoms with Gasteiger partial charge in [0.1, 0.15) is 17.8 Å². The van der Waals surface area contributed by atoms with Crippen molar-refractivity contribution in [3.63, 3.8) is 0 Å². The van der Waals surface area contributed by atoms with Crippen molar-refractivity contribution < 1.29 is 23.7 Å². The standard InChI is InChI=1S/C25H25FO4/c1-28-24-22(26)23(27)21(30-24)17-29-25(18-11-5-2-6-12-18,19-13-7-3-8-14-19)20-15-9-4-10-16-20/h2-16,21-24,27H,17H2,1H3/t21-,22-,23-,24-/m1/s1. The Morgan fingerprint density at radius 1 is 0.833 bits per heavy atom. The summed E-state index contributed by atoms with van der Waals surface area (Å²) in [6, 6.07) is 29.6. The van der Waals surface area contributed by atoms with Crippen LogP contribution < -0.4 is 0 Å². The number of hydrogen-bond donors (Lipinski definition) is 1. The van der Waals surface area contributed by atoms with E-state index in [2.05, 4.69) is 0 Å². The van der Waals surface area contributed by atoms with Crippen molar-refractivity contribution >= 4 is 0 Å². The predicted octanol–water partition coefficient (Wildman–Crippen LogP) is 4.07. The third-order valence-corrected chi connectivity index (χ3v) is 5.51. The summed E-state index contributed by atoms with van der Waals surface area (Å²) in [6.07, 6.45) is -4.90. The molecule has 4 nitrogen and oxygen atoms in total. The molecule has 0 unspecified atom stereocenters. The highest BCUT2D eigenvalue weighted by Crippen LogP contribution is 2.41. The predicted molar refractivity (Wildman–Crippen MR) is 112 cm³/mol. The molecule has 0 aromatic heterocycles. The van der Waals surface area contributed by atoms with E-state index in [0.29, 0.717) is 0 Å². The summed E-state index contributed by atoms with van der Waals surface area (Å²) in [5, 5.41) is 10.3. The van der Waals surface area contributed by atoms with Crippen LogP contribution in [0.4, 0.5) is 4.39 Å². The van der Waals surface area contributed by atoms with Crippen LogP contribution in [0.5, 0.6) is 0 Å². The van der Waals surface area contributed by atoms with E-state index in [-0.39, 0.29) is 6.61 Å². The first-order chi connectivity index (χ1) is 14.7. The van der Waals surface area contributed by atoms with E-state index in [9.17, 15) is 9.50 Å². The third-order valence-electron chi connectivity index (χ3n) is 5.51. The molecule has 1 fully saturated rings. The lowest BCUT2D eigenvalue weighted by molar-refractivity contribution is -0.154. The minimum atomic E-state index is -1.62. The molecular formula is C25H25FO4. The molecule has 5 heteroatoms. The van der Waals surface area contributed by atoms with E-state index >= 15 is 0 Å². The van der Waals surface area contributed by atoms with Crippen molar-refractivity contribution in [2.75, 3.05) is 13.7 Å². The van der Waals surface area contributed by atoms with Crippen LogP contribution in [0, 0.1) is 0 Å². The molecule has 0 saturated carbocycles. The van der Waals surface area contributed by atoms with Crippen molar-refractivity contribution in [3.05, 3.63) is 108 Å². The highest BCUT2D eigenvalue weighted by Gasteiger charge is 2.46. The molecule has 4 rings (SSSR count). The van der Waals surface area contributed by atoms with Gasteiger partial charge >= 0.3 is 0 Å². The molecule has 0 aliphatic carbocycles. The molecule has 1 aliphatic heterocycles. The molecule has 0 amide bonds. The van der Waals surface area contributed by atoms with Gasteiger partial charge in [-0.15, -0.1) is 0 Å². The Kier molecular flexibility index (Phi) is 6.25. The van der Waals surface area contributed by atoms with Crippen LogP contribution in [0.1, 0.15) is 16.7 Å². The second-order valence-electron chi connectivity index (χ2n) is 7.30. The Hall–Kier alpha value is -2.57. The van der Waals surface area contributed by atoms with Crippen molar-refractivity contribution in [2.45, 2.75) is 30.3 Å². The van der Waals surface area contributed by atoms with Crippen molar-refractivity contribution in [2.24, 2.45) is 0 Å². The monoisotopic (exact) mass is 408 g/mol. The van der Waals surface area contributed by atoms with Gasteiger partial charge in [-0.25, -0.2) is 4.39 Å². The maximum absolute atomic E-state index is 14.3. The molecule has 156 valence electrons. The molecule has 0 radical (unpaired) electrons. The highest BCUT2D eigenvalue weighted by molar-refractivity contribution is 5.47. The average molecular weight is 408 g/mol. The molecule has 1 heterocycles. The summed E-state index contributed by atoms with van der Waals surface area (Å²) in [4.78, 5) is 0. The van der Waals surface area contributed by atoms with E-state index in [4.69, 9.17) is 14.2 Å². The maximum Gasteiger partial charge on any atom is 0.191 e. The smallest absolute Gasteiger partial charge is 0.191 e. The van der Waals surface area contributed by atoms with Gasteiger partial charge in [0.2, 0.25) is 0 Å². The Labute approximate surface area is 175 Å². The number of rotatable bonds is 7. The van der Waals surface area contributed by atoms with E-state index < -0.39 is 30.3 Å². The normalized spacial score (nSPS) is 24.1. The molecule has 3 aromatic carbocycles. The summed E-state index contributed by atoms with van der Waals surface area (Å²) in [7, 11) is 1.36. The lowest BCUT2D eigenvalue weighted by Crippen LogP contribution is -2.39. The van der Waals surface area contributed by atoms with Crippen LogP contribution in [0.25, 0.3) is 0 Å². The molecule has 1 aliphatic rings. The maximum atomic E-state index is 14.3. The number of aliphatic hydroxyl groups is 1. The topological polar surface area (TPSA) is 47.9 Å². The van der Waals surface area contributed by atoms with E-state index in [1.807, 2.05) is 91.0 Å². The zero-order chi connectivity index (χ0) is 21.0.